The SMILES string of the molecule is CSc1ccc(/C=N/Nc2ccc([N+](=O)[O-])cn2)cc1. The summed E-state index contributed by atoms with van der Waals surface area (Å²) in [5, 5.41) is 14.5. The fourth-order valence-electron chi connectivity index (χ4n) is 1.42. The van der Waals surface area contributed by atoms with Crippen molar-refractivity contribution in [2.75, 3.05) is 11.7 Å². The summed E-state index contributed by atoms with van der Waals surface area (Å²) >= 11 is 1.68. The predicted octanol–water partition coefficient (Wildman–Crippen LogP) is 3.16. The molecule has 0 atom stereocenters. The van der Waals surface area contributed by atoms with E-state index in [0.717, 1.165) is 5.56 Å². The molecule has 0 amide bonds. The summed E-state index contributed by atoms with van der Waals surface area (Å²) < 4.78 is 0. The molecule has 7 heteroatoms. The number of thioether (sulfide) groups is 1. The number of hydrogen-bond acceptors (Lipinski definition) is 6. The molecular weight excluding hydrogens is 276 g/mol. The fourth-order valence-corrected chi connectivity index (χ4v) is 1.83. The lowest BCUT2D eigenvalue weighted by atomic mass is 10.2. The number of hydrogen-bond donors (Lipinski definition) is 1. The summed E-state index contributed by atoms with van der Waals surface area (Å²) in [6, 6.07) is 10.8. The Bertz CT molecular complexity index is 611. The Morgan fingerprint density at radius 1 is 1.30 bits per heavy atom. The number of nitrogens with one attached hydrogen (secondary N) is 1. The maximum absolute atomic E-state index is 10.5. The van der Waals surface area contributed by atoms with Gasteiger partial charge in [-0.15, -0.1) is 11.8 Å². The van der Waals surface area contributed by atoms with Crippen molar-refractivity contribution in [2.24, 2.45) is 5.10 Å². The van der Waals surface area contributed by atoms with E-state index in [0.29, 0.717) is 5.82 Å². The van der Waals surface area contributed by atoms with E-state index in [9.17, 15) is 10.1 Å². The normalized spacial score (nSPS) is 10.7. The zero-order valence-corrected chi connectivity index (χ0v) is 11.5. The first-order valence-corrected chi connectivity index (χ1v) is 6.95. The van der Waals surface area contributed by atoms with Gasteiger partial charge in [0.1, 0.15) is 12.0 Å². The van der Waals surface area contributed by atoms with Crippen LogP contribution in [0.25, 0.3) is 0 Å². The van der Waals surface area contributed by atoms with E-state index in [2.05, 4.69) is 15.5 Å². The van der Waals surface area contributed by atoms with E-state index in [1.165, 1.54) is 23.2 Å². The molecule has 1 aromatic carbocycles. The van der Waals surface area contributed by atoms with Gasteiger partial charge < -0.3 is 0 Å². The van der Waals surface area contributed by atoms with Crippen molar-refractivity contribution < 1.29 is 4.92 Å². The molecule has 0 unspecified atom stereocenters. The van der Waals surface area contributed by atoms with Crippen molar-refractivity contribution in [3.8, 4) is 0 Å². The van der Waals surface area contributed by atoms with Gasteiger partial charge >= 0.3 is 0 Å². The molecule has 6 nitrogen and oxygen atoms in total. The second kappa shape index (κ2) is 6.67. The Morgan fingerprint density at radius 3 is 2.60 bits per heavy atom. The van der Waals surface area contributed by atoms with Gasteiger partial charge in [0.05, 0.1) is 11.1 Å². The van der Waals surface area contributed by atoms with E-state index in [-0.39, 0.29) is 5.69 Å². The molecule has 0 spiro atoms. The average Bonchev–Trinajstić information content (AvgIpc) is 2.48. The monoisotopic (exact) mass is 288 g/mol. The molecule has 1 N–H and O–H groups in total. The zero-order chi connectivity index (χ0) is 14.4. The third-order valence-electron chi connectivity index (χ3n) is 2.47. The maximum atomic E-state index is 10.5. The second-order valence-corrected chi connectivity index (χ2v) is 4.68. The van der Waals surface area contributed by atoms with Crippen LogP contribution in [0.3, 0.4) is 0 Å². The lowest BCUT2D eigenvalue weighted by Gasteiger charge is -1.99. The third-order valence-corrected chi connectivity index (χ3v) is 3.21. The maximum Gasteiger partial charge on any atom is 0.287 e. The molecule has 0 radical (unpaired) electrons. The number of nitro groups is 1. The van der Waals surface area contributed by atoms with Crippen LogP contribution in [-0.4, -0.2) is 22.4 Å². The first-order chi connectivity index (χ1) is 9.69. The van der Waals surface area contributed by atoms with Gasteiger partial charge in [-0.1, -0.05) is 12.1 Å². The molecule has 2 rings (SSSR count). The highest BCUT2D eigenvalue weighted by molar-refractivity contribution is 7.98. The van der Waals surface area contributed by atoms with E-state index < -0.39 is 4.92 Å². The summed E-state index contributed by atoms with van der Waals surface area (Å²) in [5.74, 6) is 0.451. The molecule has 0 fully saturated rings. The largest absolute Gasteiger partial charge is 0.287 e. The minimum Gasteiger partial charge on any atom is -0.261 e. The van der Waals surface area contributed by atoms with Crippen molar-refractivity contribution in [1.29, 1.82) is 0 Å². The first-order valence-electron chi connectivity index (χ1n) is 5.72. The van der Waals surface area contributed by atoms with Crippen LogP contribution < -0.4 is 5.43 Å². The van der Waals surface area contributed by atoms with Crippen molar-refractivity contribution in [3.05, 3.63) is 58.3 Å². The Morgan fingerprint density at radius 2 is 2.05 bits per heavy atom. The van der Waals surface area contributed by atoms with Crippen LogP contribution in [0.1, 0.15) is 5.56 Å². The van der Waals surface area contributed by atoms with Gasteiger partial charge in [-0.05, 0) is 30.0 Å². The Balaban J connectivity index is 1.96. The van der Waals surface area contributed by atoms with Crippen molar-refractivity contribution in [3.63, 3.8) is 0 Å². The Hall–Kier alpha value is -2.41. The van der Waals surface area contributed by atoms with Crippen LogP contribution in [0.15, 0.2) is 52.6 Å². The molecule has 0 saturated heterocycles. The fraction of sp³-hybridized carbons (Fsp3) is 0.0769. The molecule has 1 heterocycles. The summed E-state index contributed by atoms with van der Waals surface area (Å²) in [5.41, 5.74) is 3.63. The number of rotatable bonds is 5. The van der Waals surface area contributed by atoms with Gasteiger partial charge in [0, 0.05) is 11.0 Å². The molecule has 20 heavy (non-hydrogen) atoms. The third kappa shape index (κ3) is 3.79. The highest BCUT2D eigenvalue weighted by Gasteiger charge is 2.04. The van der Waals surface area contributed by atoms with Crippen molar-refractivity contribution >= 4 is 29.5 Å². The molecule has 1 aromatic heterocycles. The summed E-state index contributed by atoms with van der Waals surface area (Å²) in [7, 11) is 0. The summed E-state index contributed by atoms with van der Waals surface area (Å²) in [4.78, 5) is 15.1. The smallest absolute Gasteiger partial charge is 0.261 e. The molecule has 0 aliphatic carbocycles. The van der Waals surface area contributed by atoms with Gasteiger partial charge in [-0.25, -0.2) is 4.98 Å². The molecule has 0 bridgehead atoms. The predicted molar refractivity (Wildman–Crippen MR) is 80.3 cm³/mol. The number of benzene rings is 1. The molecule has 0 aliphatic rings. The quantitative estimate of drug-likeness (QED) is 0.395. The zero-order valence-electron chi connectivity index (χ0n) is 10.7. The molecular formula is C13H12N4O2S. The topological polar surface area (TPSA) is 80.4 Å². The average molecular weight is 288 g/mol. The lowest BCUT2D eigenvalue weighted by Crippen LogP contribution is -1.95. The highest BCUT2D eigenvalue weighted by atomic mass is 32.2. The van der Waals surface area contributed by atoms with Crippen molar-refractivity contribution in [2.45, 2.75) is 4.90 Å². The van der Waals surface area contributed by atoms with Gasteiger partial charge in [0.15, 0.2) is 0 Å². The van der Waals surface area contributed by atoms with Gasteiger partial charge in [-0.3, -0.25) is 15.5 Å². The first kappa shape index (κ1) is 14.0. The summed E-state index contributed by atoms with van der Waals surface area (Å²) in [6.07, 6.45) is 4.86. The van der Waals surface area contributed by atoms with Crippen LogP contribution in [0.4, 0.5) is 11.5 Å². The van der Waals surface area contributed by atoms with E-state index in [4.69, 9.17) is 0 Å². The van der Waals surface area contributed by atoms with Crippen LogP contribution >= 0.6 is 11.8 Å². The molecule has 0 aliphatic heterocycles. The summed E-state index contributed by atoms with van der Waals surface area (Å²) in [6.45, 7) is 0. The van der Waals surface area contributed by atoms with Gasteiger partial charge in [0.25, 0.3) is 5.69 Å². The minimum atomic E-state index is -0.493. The minimum absolute atomic E-state index is 0.0489. The van der Waals surface area contributed by atoms with Crippen LogP contribution in [0, 0.1) is 10.1 Å². The number of anilines is 1. The molecule has 2 aromatic rings. The number of hydrazone groups is 1. The van der Waals surface area contributed by atoms with Gasteiger partial charge in [0.2, 0.25) is 0 Å². The highest BCUT2D eigenvalue weighted by Crippen LogP contribution is 2.14. The van der Waals surface area contributed by atoms with Crippen LogP contribution in [0.2, 0.25) is 0 Å². The Kier molecular flexibility index (Phi) is 4.67. The number of pyridine rings is 1. The van der Waals surface area contributed by atoms with Gasteiger partial charge in [-0.2, -0.15) is 5.10 Å². The second-order valence-electron chi connectivity index (χ2n) is 3.80. The van der Waals surface area contributed by atoms with E-state index in [1.54, 1.807) is 18.0 Å². The number of nitrogens with zero attached hydrogens (tertiary/aromatic N) is 3. The van der Waals surface area contributed by atoms with Crippen LogP contribution in [-0.2, 0) is 0 Å². The van der Waals surface area contributed by atoms with Crippen LogP contribution in [0.5, 0.6) is 0 Å². The Labute approximate surface area is 120 Å². The molecule has 102 valence electrons. The van der Waals surface area contributed by atoms with E-state index >= 15 is 0 Å². The lowest BCUT2D eigenvalue weighted by molar-refractivity contribution is -0.385. The molecule has 0 saturated carbocycles. The standard InChI is InChI=1S/C13H12N4O2S/c1-20-12-5-2-10(3-6-12)8-15-16-13-7-4-11(9-14-13)17(18)19/h2-9H,1H3,(H,14,16)/b15-8+. The van der Waals surface area contributed by atoms with E-state index in [1.807, 2.05) is 30.5 Å². The number of aromatic nitrogens is 1. The van der Waals surface area contributed by atoms with Crippen molar-refractivity contribution in [1.82, 2.24) is 4.98 Å².